The molecule has 2 amide bonds. The van der Waals surface area contributed by atoms with Crippen molar-refractivity contribution in [2.24, 2.45) is 0 Å². The van der Waals surface area contributed by atoms with Crippen molar-refractivity contribution in [2.75, 3.05) is 6.54 Å². The fourth-order valence-electron chi connectivity index (χ4n) is 1.92. The zero-order valence-corrected chi connectivity index (χ0v) is 9.63. The Labute approximate surface area is 105 Å². The maximum Gasteiger partial charge on any atom is 0.419 e. The number of halogens is 4. The van der Waals surface area contributed by atoms with Crippen molar-refractivity contribution >= 4 is 11.8 Å². The Morgan fingerprint density at radius 2 is 1.95 bits per heavy atom. The van der Waals surface area contributed by atoms with Crippen LogP contribution in [0.2, 0.25) is 0 Å². The van der Waals surface area contributed by atoms with E-state index in [1.165, 1.54) is 0 Å². The molecule has 1 aliphatic rings. The van der Waals surface area contributed by atoms with E-state index in [0.717, 1.165) is 17.0 Å². The number of alkyl halides is 3. The van der Waals surface area contributed by atoms with E-state index in [4.69, 9.17) is 0 Å². The molecule has 102 valence electrons. The molecule has 19 heavy (non-hydrogen) atoms. The molecule has 2 rings (SSSR count). The summed E-state index contributed by atoms with van der Waals surface area (Å²) in [5, 5.41) is 0. The number of imide groups is 1. The first-order valence-electron chi connectivity index (χ1n) is 5.53. The minimum Gasteiger partial charge on any atom is -0.278 e. The molecule has 1 heterocycles. The Morgan fingerprint density at radius 1 is 1.26 bits per heavy atom. The Bertz CT molecular complexity index is 539. The highest BCUT2D eigenvalue weighted by Crippen LogP contribution is 2.32. The van der Waals surface area contributed by atoms with Crippen molar-refractivity contribution < 1.29 is 27.2 Å². The molecule has 0 aliphatic carbocycles. The van der Waals surface area contributed by atoms with Gasteiger partial charge in [-0.3, -0.25) is 14.5 Å². The highest BCUT2D eigenvalue weighted by Gasteiger charge is 2.37. The molecular weight excluding hydrogens is 266 g/mol. The molecule has 0 N–H and O–H groups in total. The molecule has 7 heteroatoms. The second-order valence-corrected chi connectivity index (χ2v) is 4.12. The van der Waals surface area contributed by atoms with Crippen LogP contribution in [0.3, 0.4) is 0 Å². The van der Waals surface area contributed by atoms with E-state index in [1.54, 1.807) is 0 Å². The maximum absolute atomic E-state index is 13.7. The molecule has 0 unspecified atom stereocenters. The summed E-state index contributed by atoms with van der Waals surface area (Å²) in [5.41, 5.74) is -2.24. The molecule has 0 radical (unpaired) electrons. The van der Waals surface area contributed by atoms with Crippen molar-refractivity contribution in [1.82, 2.24) is 4.90 Å². The molecular formula is C12H9F4NO2. The van der Waals surface area contributed by atoms with Gasteiger partial charge in [0.2, 0.25) is 5.91 Å². The maximum atomic E-state index is 13.7. The van der Waals surface area contributed by atoms with Gasteiger partial charge in [-0.15, -0.1) is 0 Å². The smallest absolute Gasteiger partial charge is 0.278 e. The van der Waals surface area contributed by atoms with Gasteiger partial charge in [0.05, 0.1) is 11.1 Å². The first-order valence-corrected chi connectivity index (χ1v) is 5.53. The average Bonchev–Trinajstić information content (AvgIpc) is 2.73. The lowest BCUT2D eigenvalue weighted by Crippen LogP contribution is -2.32. The van der Waals surface area contributed by atoms with Crippen LogP contribution >= 0.6 is 0 Å². The van der Waals surface area contributed by atoms with Gasteiger partial charge in [0.1, 0.15) is 5.82 Å². The third kappa shape index (κ3) is 2.45. The summed E-state index contributed by atoms with van der Waals surface area (Å²) >= 11 is 0. The summed E-state index contributed by atoms with van der Waals surface area (Å²) in [6.45, 7) is 0.105. The number of hydrogen-bond donors (Lipinski definition) is 0. The van der Waals surface area contributed by atoms with Gasteiger partial charge in [-0.2, -0.15) is 13.2 Å². The van der Waals surface area contributed by atoms with Crippen LogP contribution in [0.15, 0.2) is 18.2 Å². The number of benzene rings is 1. The van der Waals surface area contributed by atoms with Gasteiger partial charge in [-0.05, 0) is 18.6 Å². The molecule has 0 aromatic heterocycles. The second-order valence-electron chi connectivity index (χ2n) is 4.12. The van der Waals surface area contributed by atoms with Crippen LogP contribution < -0.4 is 0 Å². The summed E-state index contributed by atoms with van der Waals surface area (Å²) < 4.78 is 51.3. The van der Waals surface area contributed by atoms with E-state index in [9.17, 15) is 27.2 Å². The fraction of sp³-hybridized carbons (Fsp3) is 0.333. The van der Waals surface area contributed by atoms with E-state index >= 15 is 0 Å². The number of likely N-dealkylation sites (tertiary alicyclic amines) is 1. The monoisotopic (exact) mass is 275 g/mol. The number of amides is 2. The highest BCUT2D eigenvalue weighted by molar-refractivity contribution is 6.05. The topological polar surface area (TPSA) is 37.4 Å². The van der Waals surface area contributed by atoms with Crippen molar-refractivity contribution in [3.05, 3.63) is 35.1 Å². The molecule has 0 atom stereocenters. The number of nitrogens with zero attached hydrogens (tertiary/aromatic N) is 1. The van der Waals surface area contributed by atoms with Crippen molar-refractivity contribution in [2.45, 2.75) is 19.0 Å². The first-order chi connectivity index (χ1) is 8.82. The van der Waals surface area contributed by atoms with E-state index in [1.807, 2.05) is 0 Å². The summed E-state index contributed by atoms with van der Waals surface area (Å²) in [5.74, 6) is -3.16. The second kappa shape index (κ2) is 4.64. The third-order valence-corrected chi connectivity index (χ3v) is 2.85. The van der Waals surface area contributed by atoms with Crippen molar-refractivity contribution in [3.63, 3.8) is 0 Å². The molecule has 3 nitrogen and oxygen atoms in total. The molecule has 0 spiro atoms. The van der Waals surface area contributed by atoms with Gasteiger partial charge in [-0.25, -0.2) is 4.39 Å². The predicted molar refractivity (Wildman–Crippen MR) is 56.7 cm³/mol. The molecule has 0 saturated carbocycles. The number of carbonyl (C=O) groups is 2. The van der Waals surface area contributed by atoms with Crippen LogP contribution in [-0.4, -0.2) is 23.3 Å². The Kier molecular flexibility index (Phi) is 3.30. The fourth-order valence-corrected chi connectivity index (χ4v) is 1.92. The van der Waals surface area contributed by atoms with Crippen LogP contribution in [0.5, 0.6) is 0 Å². The van der Waals surface area contributed by atoms with Gasteiger partial charge in [0.15, 0.2) is 0 Å². The Hall–Kier alpha value is -1.92. The first kappa shape index (κ1) is 13.5. The molecule has 1 saturated heterocycles. The minimum atomic E-state index is -4.88. The van der Waals surface area contributed by atoms with Gasteiger partial charge in [-0.1, -0.05) is 6.07 Å². The number of hydrogen-bond acceptors (Lipinski definition) is 2. The minimum absolute atomic E-state index is 0.105. The largest absolute Gasteiger partial charge is 0.419 e. The Balaban J connectivity index is 2.41. The van der Waals surface area contributed by atoms with E-state index < -0.39 is 34.9 Å². The van der Waals surface area contributed by atoms with Gasteiger partial charge in [0.25, 0.3) is 5.91 Å². The summed E-state index contributed by atoms with van der Waals surface area (Å²) in [7, 11) is 0. The predicted octanol–water partition coefficient (Wildman–Crippen LogP) is 2.61. The zero-order chi connectivity index (χ0) is 14.2. The standard InChI is InChI=1S/C12H9F4NO2/c13-10-7(3-1-4-8(10)12(14,15)16)11(19)17-6-2-5-9(17)18/h1,3-4H,2,5-6H2. The molecule has 1 aromatic rings. The highest BCUT2D eigenvalue weighted by atomic mass is 19.4. The molecule has 0 bridgehead atoms. The van der Waals surface area contributed by atoms with E-state index in [0.29, 0.717) is 12.5 Å². The quantitative estimate of drug-likeness (QED) is 0.583. The van der Waals surface area contributed by atoms with Gasteiger partial charge in [0, 0.05) is 13.0 Å². The zero-order valence-electron chi connectivity index (χ0n) is 9.63. The summed E-state index contributed by atoms with van der Waals surface area (Å²) in [6, 6.07) is 2.44. The lowest BCUT2D eigenvalue weighted by molar-refractivity contribution is -0.140. The Morgan fingerprint density at radius 3 is 2.47 bits per heavy atom. The molecule has 1 aliphatic heterocycles. The normalized spacial score (nSPS) is 16.0. The third-order valence-electron chi connectivity index (χ3n) is 2.85. The lowest BCUT2D eigenvalue weighted by Gasteiger charge is -2.16. The van der Waals surface area contributed by atoms with Crippen molar-refractivity contribution in [3.8, 4) is 0 Å². The molecule has 1 fully saturated rings. The van der Waals surface area contributed by atoms with Crippen LogP contribution in [0.1, 0.15) is 28.8 Å². The van der Waals surface area contributed by atoms with Crippen LogP contribution in [-0.2, 0) is 11.0 Å². The lowest BCUT2D eigenvalue weighted by atomic mass is 10.1. The van der Waals surface area contributed by atoms with E-state index in [-0.39, 0.29) is 13.0 Å². The summed E-state index contributed by atoms with van der Waals surface area (Å²) in [4.78, 5) is 24.0. The van der Waals surface area contributed by atoms with E-state index in [2.05, 4.69) is 0 Å². The van der Waals surface area contributed by atoms with Crippen LogP contribution in [0, 0.1) is 5.82 Å². The van der Waals surface area contributed by atoms with Crippen LogP contribution in [0.25, 0.3) is 0 Å². The van der Waals surface area contributed by atoms with Gasteiger partial charge >= 0.3 is 6.18 Å². The van der Waals surface area contributed by atoms with Crippen LogP contribution in [0.4, 0.5) is 17.6 Å². The number of rotatable bonds is 1. The van der Waals surface area contributed by atoms with Gasteiger partial charge < -0.3 is 0 Å². The number of carbonyl (C=O) groups excluding carboxylic acids is 2. The van der Waals surface area contributed by atoms with Crippen molar-refractivity contribution in [1.29, 1.82) is 0 Å². The average molecular weight is 275 g/mol. The molecule has 1 aromatic carbocycles. The SMILES string of the molecule is O=C1CCCN1C(=O)c1cccc(C(F)(F)F)c1F. The summed E-state index contributed by atoms with van der Waals surface area (Å²) in [6.07, 6.45) is -4.30.